The van der Waals surface area contributed by atoms with E-state index in [0.717, 1.165) is 43.7 Å². The summed E-state index contributed by atoms with van der Waals surface area (Å²) in [5.74, 6) is 0.711. The number of carbonyl (C=O) groups is 1. The molecular weight excluding hydrogens is 300 g/mol. The number of likely N-dealkylation sites (tertiary alicyclic amines) is 1. The zero-order chi connectivity index (χ0) is 15.6. The molecule has 5 nitrogen and oxygen atoms in total. The Bertz CT molecular complexity index is 507. The van der Waals surface area contributed by atoms with Crippen molar-refractivity contribution in [2.24, 2.45) is 5.92 Å². The third kappa shape index (κ3) is 3.82. The van der Waals surface area contributed by atoms with Crippen molar-refractivity contribution in [1.29, 1.82) is 0 Å². The monoisotopic (exact) mass is 328 g/mol. The molecule has 0 radical (unpaired) electrons. The smallest absolute Gasteiger partial charge is 0.257 e. The fraction of sp³-hybridized carbons (Fsp3) is 0.750. The van der Waals surface area contributed by atoms with Crippen molar-refractivity contribution < 1.29 is 4.79 Å². The quantitative estimate of drug-likeness (QED) is 0.922. The van der Waals surface area contributed by atoms with Crippen LogP contribution in [0.1, 0.15) is 50.2 Å². The Morgan fingerprint density at radius 2 is 2.14 bits per heavy atom. The number of halogens is 1. The number of aromatic nitrogens is 2. The van der Waals surface area contributed by atoms with Crippen molar-refractivity contribution in [3.63, 3.8) is 0 Å². The number of amides is 1. The van der Waals surface area contributed by atoms with Crippen LogP contribution < -0.4 is 5.32 Å². The molecule has 1 atom stereocenters. The summed E-state index contributed by atoms with van der Waals surface area (Å²) < 4.78 is 1.99. The maximum Gasteiger partial charge on any atom is 0.257 e. The SMILES string of the molecule is CCc1c(C(=O)N2CCC(CNC)C2)cnn1C(C)(C)C.Cl. The minimum absolute atomic E-state index is 0. The van der Waals surface area contributed by atoms with Gasteiger partial charge in [-0.1, -0.05) is 6.92 Å². The van der Waals surface area contributed by atoms with Crippen LogP contribution in [0.15, 0.2) is 6.20 Å². The first-order valence-electron chi connectivity index (χ1n) is 7.89. The first-order chi connectivity index (χ1) is 9.88. The zero-order valence-electron chi connectivity index (χ0n) is 14.3. The lowest BCUT2D eigenvalue weighted by atomic mass is 10.1. The molecule has 0 aliphatic carbocycles. The number of carbonyl (C=O) groups excluding carboxylic acids is 1. The van der Waals surface area contributed by atoms with Gasteiger partial charge in [0.25, 0.3) is 5.91 Å². The Balaban J connectivity index is 0.00000242. The molecule has 126 valence electrons. The molecule has 0 saturated carbocycles. The van der Waals surface area contributed by atoms with Crippen molar-refractivity contribution in [3.8, 4) is 0 Å². The summed E-state index contributed by atoms with van der Waals surface area (Å²) in [4.78, 5) is 14.7. The number of nitrogens with one attached hydrogen (secondary N) is 1. The highest BCUT2D eigenvalue weighted by atomic mass is 35.5. The van der Waals surface area contributed by atoms with Crippen molar-refractivity contribution in [2.75, 3.05) is 26.7 Å². The third-order valence-corrected chi connectivity index (χ3v) is 4.14. The number of hydrogen-bond acceptors (Lipinski definition) is 3. The molecule has 2 heterocycles. The molecule has 1 amide bonds. The van der Waals surface area contributed by atoms with Crippen LogP contribution in [0.2, 0.25) is 0 Å². The molecule has 1 aliphatic heterocycles. The van der Waals surface area contributed by atoms with E-state index in [1.54, 1.807) is 6.20 Å². The molecule has 6 heteroatoms. The molecule has 1 aliphatic rings. The molecule has 22 heavy (non-hydrogen) atoms. The second-order valence-corrected chi connectivity index (χ2v) is 6.90. The molecule has 2 rings (SSSR count). The van der Waals surface area contributed by atoms with Crippen LogP contribution >= 0.6 is 12.4 Å². The predicted molar refractivity (Wildman–Crippen MR) is 91.8 cm³/mol. The lowest BCUT2D eigenvalue weighted by Crippen LogP contribution is -2.31. The van der Waals surface area contributed by atoms with E-state index >= 15 is 0 Å². The van der Waals surface area contributed by atoms with Gasteiger partial charge in [-0.25, -0.2) is 0 Å². The zero-order valence-corrected chi connectivity index (χ0v) is 15.2. The average Bonchev–Trinajstić information content (AvgIpc) is 3.03. The van der Waals surface area contributed by atoms with Gasteiger partial charge in [0.1, 0.15) is 0 Å². The van der Waals surface area contributed by atoms with E-state index in [0.29, 0.717) is 5.92 Å². The van der Waals surface area contributed by atoms with Crippen molar-refractivity contribution in [3.05, 3.63) is 17.5 Å². The van der Waals surface area contributed by atoms with Gasteiger partial charge in [-0.3, -0.25) is 9.48 Å². The summed E-state index contributed by atoms with van der Waals surface area (Å²) in [6.07, 6.45) is 3.66. The highest BCUT2D eigenvalue weighted by Gasteiger charge is 2.30. The van der Waals surface area contributed by atoms with Crippen LogP contribution in [-0.4, -0.2) is 47.3 Å². The standard InChI is InChI=1S/C16H28N4O.ClH/c1-6-14-13(10-18-20(14)16(2,3)4)15(21)19-8-7-12(11-19)9-17-5;/h10,12,17H,6-9,11H2,1-5H3;1H. The second kappa shape index (κ2) is 7.47. The Labute approximate surface area is 139 Å². The topological polar surface area (TPSA) is 50.2 Å². The van der Waals surface area contributed by atoms with Gasteiger partial charge in [0.05, 0.1) is 23.0 Å². The van der Waals surface area contributed by atoms with E-state index in [4.69, 9.17) is 0 Å². The Hall–Kier alpha value is -1.07. The largest absolute Gasteiger partial charge is 0.338 e. The number of nitrogens with zero attached hydrogens (tertiary/aromatic N) is 3. The number of hydrogen-bond donors (Lipinski definition) is 1. The fourth-order valence-corrected chi connectivity index (χ4v) is 3.11. The van der Waals surface area contributed by atoms with Gasteiger partial charge in [-0.05, 0) is 53.1 Å². The molecule has 1 saturated heterocycles. The van der Waals surface area contributed by atoms with Crippen LogP contribution in [0.3, 0.4) is 0 Å². The van der Waals surface area contributed by atoms with E-state index in [-0.39, 0.29) is 23.9 Å². The van der Waals surface area contributed by atoms with Crippen molar-refractivity contribution in [2.45, 2.75) is 46.1 Å². The molecular formula is C16H29ClN4O. The predicted octanol–water partition coefficient (Wildman–Crippen LogP) is 2.30. The first kappa shape index (κ1) is 19.0. The lowest BCUT2D eigenvalue weighted by molar-refractivity contribution is 0.0786. The maximum absolute atomic E-state index is 12.8. The Morgan fingerprint density at radius 1 is 1.45 bits per heavy atom. The molecule has 0 aromatic carbocycles. The van der Waals surface area contributed by atoms with E-state index < -0.39 is 0 Å². The molecule has 1 N–H and O–H groups in total. The first-order valence-corrected chi connectivity index (χ1v) is 7.89. The molecule has 1 fully saturated rings. The third-order valence-electron chi connectivity index (χ3n) is 4.14. The van der Waals surface area contributed by atoms with Crippen LogP contribution in [0.25, 0.3) is 0 Å². The van der Waals surface area contributed by atoms with Crippen LogP contribution in [0.4, 0.5) is 0 Å². The summed E-state index contributed by atoms with van der Waals surface area (Å²) in [6.45, 7) is 11.1. The van der Waals surface area contributed by atoms with E-state index in [1.165, 1.54) is 0 Å². The summed E-state index contributed by atoms with van der Waals surface area (Å²) in [5, 5.41) is 7.66. The van der Waals surface area contributed by atoms with Crippen molar-refractivity contribution >= 4 is 18.3 Å². The Kier molecular flexibility index (Phi) is 6.44. The molecule has 1 unspecified atom stereocenters. The van der Waals surface area contributed by atoms with Gasteiger partial charge in [0.15, 0.2) is 0 Å². The minimum Gasteiger partial charge on any atom is -0.338 e. The normalized spacial score (nSPS) is 18.4. The van der Waals surface area contributed by atoms with E-state index in [1.807, 2.05) is 16.6 Å². The lowest BCUT2D eigenvalue weighted by Gasteiger charge is -2.23. The van der Waals surface area contributed by atoms with Gasteiger partial charge in [-0.2, -0.15) is 5.10 Å². The molecule has 1 aromatic heterocycles. The molecule has 0 spiro atoms. The van der Waals surface area contributed by atoms with E-state index in [2.05, 4.69) is 38.1 Å². The minimum atomic E-state index is -0.0937. The van der Waals surface area contributed by atoms with E-state index in [9.17, 15) is 4.79 Å². The highest BCUT2D eigenvalue weighted by molar-refractivity contribution is 5.95. The average molecular weight is 329 g/mol. The maximum atomic E-state index is 12.8. The molecule has 0 bridgehead atoms. The van der Waals surface area contributed by atoms with Gasteiger partial charge in [0, 0.05) is 13.1 Å². The summed E-state index contributed by atoms with van der Waals surface area (Å²) in [5.41, 5.74) is 1.73. The fourth-order valence-electron chi connectivity index (χ4n) is 3.11. The van der Waals surface area contributed by atoms with Gasteiger partial charge >= 0.3 is 0 Å². The van der Waals surface area contributed by atoms with Crippen molar-refractivity contribution in [1.82, 2.24) is 20.0 Å². The summed E-state index contributed by atoms with van der Waals surface area (Å²) in [7, 11) is 1.97. The van der Waals surface area contributed by atoms with Gasteiger partial charge in [-0.15, -0.1) is 12.4 Å². The number of rotatable bonds is 4. The second-order valence-electron chi connectivity index (χ2n) is 6.90. The van der Waals surface area contributed by atoms with Crippen LogP contribution in [0, 0.1) is 5.92 Å². The Morgan fingerprint density at radius 3 is 2.68 bits per heavy atom. The van der Waals surface area contributed by atoms with Crippen LogP contribution in [0.5, 0.6) is 0 Å². The summed E-state index contributed by atoms with van der Waals surface area (Å²) in [6, 6.07) is 0. The highest BCUT2D eigenvalue weighted by Crippen LogP contribution is 2.23. The van der Waals surface area contributed by atoms with Crippen LogP contribution in [-0.2, 0) is 12.0 Å². The summed E-state index contributed by atoms with van der Waals surface area (Å²) >= 11 is 0. The molecule has 1 aromatic rings. The van der Waals surface area contributed by atoms with Gasteiger partial charge in [0.2, 0.25) is 0 Å². The van der Waals surface area contributed by atoms with Gasteiger partial charge < -0.3 is 10.2 Å².